The second kappa shape index (κ2) is 9.84. The largest absolute Gasteiger partial charge is 0.395 e. The summed E-state index contributed by atoms with van der Waals surface area (Å²) < 4.78 is 1.55. The van der Waals surface area contributed by atoms with Gasteiger partial charge in [-0.2, -0.15) is 0 Å². The number of fused-ring (bicyclic) bond motifs is 4. The SMILES string of the molecule is CCCCCCCCc1ccc2c(c1)C(O)c1nc3cc(N(C)CCO)ccc3c(=O)n1-2. The molecule has 0 spiro atoms. The van der Waals surface area contributed by atoms with Crippen LogP contribution in [0.2, 0.25) is 0 Å². The summed E-state index contributed by atoms with van der Waals surface area (Å²) in [6.45, 7) is 2.76. The third-order valence-electron chi connectivity index (χ3n) is 6.45. The lowest BCUT2D eigenvalue weighted by Gasteiger charge is -2.18. The number of anilines is 1. The number of nitrogens with zero attached hydrogens (tertiary/aromatic N) is 3. The number of hydrogen-bond acceptors (Lipinski definition) is 5. The van der Waals surface area contributed by atoms with Gasteiger partial charge in [0.2, 0.25) is 0 Å². The molecule has 1 aliphatic heterocycles. The average molecular weight is 436 g/mol. The van der Waals surface area contributed by atoms with E-state index in [2.05, 4.69) is 18.0 Å². The molecule has 0 amide bonds. The Morgan fingerprint density at radius 2 is 1.84 bits per heavy atom. The highest BCUT2D eigenvalue weighted by Crippen LogP contribution is 2.35. The van der Waals surface area contributed by atoms with Gasteiger partial charge >= 0.3 is 0 Å². The molecule has 0 bridgehead atoms. The molecule has 0 aliphatic carbocycles. The molecule has 2 aromatic carbocycles. The van der Waals surface area contributed by atoms with Crippen molar-refractivity contribution in [3.63, 3.8) is 0 Å². The van der Waals surface area contributed by atoms with Gasteiger partial charge in [0.05, 0.1) is 23.2 Å². The van der Waals surface area contributed by atoms with Gasteiger partial charge < -0.3 is 15.1 Å². The van der Waals surface area contributed by atoms with E-state index in [1.165, 1.54) is 37.7 Å². The molecule has 0 radical (unpaired) electrons. The molecule has 1 aliphatic rings. The van der Waals surface area contributed by atoms with Gasteiger partial charge in [-0.3, -0.25) is 9.36 Å². The van der Waals surface area contributed by atoms with Crippen LogP contribution in [0, 0.1) is 0 Å². The van der Waals surface area contributed by atoms with Gasteiger partial charge in [-0.1, -0.05) is 51.2 Å². The highest BCUT2D eigenvalue weighted by Gasteiger charge is 2.30. The van der Waals surface area contributed by atoms with E-state index in [0.717, 1.165) is 29.8 Å². The maximum atomic E-state index is 13.3. The topological polar surface area (TPSA) is 78.6 Å². The molecule has 6 heteroatoms. The maximum Gasteiger partial charge on any atom is 0.266 e. The highest BCUT2D eigenvalue weighted by atomic mass is 16.3. The lowest BCUT2D eigenvalue weighted by atomic mass is 10.0. The summed E-state index contributed by atoms with van der Waals surface area (Å²) in [4.78, 5) is 19.9. The molecule has 6 nitrogen and oxygen atoms in total. The minimum Gasteiger partial charge on any atom is -0.395 e. The summed E-state index contributed by atoms with van der Waals surface area (Å²) in [5.74, 6) is 0.371. The smallest absolute Gasteiger partial charge is 0.266 e. The minimum absolute atomic E-state index is 0.0455. The van der Waals surface area contributed by atoms with Crippen LogP contribution in [0.5, 0.6) is 0 Å². The van der Waals surface area contributed by atoms with E-state index in [1.54, 1.807) is 10.6 Å². The van der Waals surface area contributed by atoms with Crippen molar-refractivity contribution in [3.8, 4) is 5.69 Å². The summed E-state index contributed by atoms with van der Waals surface area (Å²) in [5.41, 5.74) is 3.93. The van der Waals surface area contributed by atoms with Crippen LogP contribution in [0.4, 0.5) is 5.69 Å². The fraction of sp³-hybridized carbons (Fsp3) is 0.462. The second-order valence-corrected chi connectivity index (χ2v) is 8.77. The predicted octanol–water partition coefficient (Wildman–Crippen LogP) is 4.11. The van der Waals surface area contributed by atoms with Crippen LogP contribution in [-0.2, 0) is 6.42 Å². The van der Waals surface area contributed by atoms with Crippen molar-refractivity contribution < 1.29 is 10.2 Å². The van der Waals surface area contributed by atoms with E-state index in [4.69, 9.17) is 0 Å². The molecule has 0 fully saturated rings. The molecule has 0 saturated heterocycles. The van der Waals surface area contributed by atoms with Crippen molar-refractivity contribution in [2.75, 3.05) is 25.1 Å². The number of rotatable bonds is 10. The third-order valence-corrected chi connectivity index (χ3v) is 6.45. The van der Waals surface area contributed by atoms with Gasteiger partial charge in [-0.05, 0) is 42.7 Å². The van der Waals surface area contributed by atoms with E-state index in [0.29, 0.717) is 23.3 Å². The number of aromatic nitrogens is 2. The van der Waals surface area contributed by atoms with Crippen molar-refractivity contribution in [2.24, 2.45) is 0 Å². The molecule has 32 heavy (non-hydrogen) atoms. The zero-order valence-electron chi connectivity index (χ0n) is 19.0. The van der Waals surface area contributed by atoms with E-state index in [1.807, 2.05) is 36.2 Å². The Bertz CT molecular complexity index is 1150. The molecule has 170 valence electrons. The fourth-order valence-corrected chi connectivity index (χ4v) is 4.55. The number of unbranched alkanes of at least 4 members (excludes halogenated alkanes) is 5. The van der Waals surface area contributed by atoms with Gasteiger partial charge in [0.1, 0.15) is 6.10 Å². The first-order valence-corrected chi connectivity index (χ1v) is 11.7. The standard InChI is InChI=1S/C26H33N3O3/c1-3-4-5-6-7-8-9-18-10-13-23-21(16-18)24(31)25-27-22-17-19(28(2)14-15-30)11-12-20(22)26(32)29(23)25/h10-13,16-17,24,30-31H,3-9,14-15H2,1-2H3. The number of likely N-dealkylation sites (N-methyl/N-ethyl adjacent to an activating group) is 1. The second-order valence-electron chi connectivity index (χ2n) is 8.77. The number of aliphatic hydroxyl groups excluding tert-OH is 2. The molecule has 1 aromatic heterocycles. The van der Waals surface area contributed by atoms with Crippen molar-refractivity contribution >= 4 is 16.6 Å². The van der Waals surface area contributed by atoms with Gasteiger partial charge in [-0.25, -0.2) is 4.98 Å². The van der Waals surface area contributed by atoms with Crippen LogP contribution in [0.3, 0.4) is 0 Å². The lowest BCUT2D eigenvalue weighted by Crippen LogP contribution is -2.23. The molecular weight excluding hydrogens is 402 g/mol. The Morgan fingerprint density at radius 3 is 2.62 bits per heavy atom. The van der Waals surface area contributed by atoms with E-state index in [-0.39, 0.29) is 12.2 Å². The summed E-state index contributed by atoms with van der Waals surface area (Å²) in [6.07, 6.45) is 7.56. The van der Waals surface area contributed by atoms with Gasteiger partial charge in [-0.15, -0.1) is 0 Å². The number of aliphatic hydroxyl groups is 2. The summed E-state index contributed by atoms with van der Waals surface area (Å²) in [6, 6.07) is 11.5. The first-order chi connectivity index (χ1) is 15.5. The molecule has 4 rings (SSSR count). The van der Waals surface area contributed by atoms with Crippen LogP contribution in [0.1, 0.15) is 68.5 Å². The Labute approximate surface area is 189 Å². The van der Waals surface area contributed by atoms with E-state index in [9.17, 15) is 15.0 Å². The monoisotopic (exact) mass is 435 g/mol. The third kappa shape index (κ3) is 4.30. The normalized spacial score (nSPS) is 14.6. The zero-order valence-corrected chi connectivity index (χ0v) is 19.0. The Hall–Kier alpha value is -2.70. The summed E-state index contributed by atoms with van der Waals surface area (Å²) >= 11 is 0. The molecule has 2 heterocycles. The summed E-state index contributed by atoms with van der Waals surface area (Å²) in [5, 5.41) is 20.7. The Kier molecular flexibility index (Phi) is 6.92. The number of aryl methyl sites for hydroxylation is 1. The van der Waals surface area contributed by atoms with Crippen LogP contribution in [-0.4, -0.2) is 40.0 Å². The zero-order chi connectivity index (χ0) is 22.7. The molecule has 1 atom stereocenters. The van der Waals surface area contributed by atoms with Crippen molar-refractivity contribution in [1.29, 1.82) is 0 Å². The highest BCUT2D eigenvalue weighted by molar-refractivity contribution is 5.82. The molecule has 2 N–H and O–H groups in total. The van der Waals surface area contributed by atoms with Gasteiger partial charge in [0.15, 0.2) is 5.82 Å². The minimum atomic E-state index is -0.912. The van der Waals surface area contributed by atoms with E-state index < -0.39 is 6.10 Å². The number of hydrogen-bond donors (Lipinski definition) is 2. The number of benzene rings is 2. The average Bonchev–Trinajstić information content (AvgIpc) is 3.07. The van der Waals surface area contributed by atoms with Crippen LogP contribution >= 0.6 is 0 Å². The van der Waals surface area contributed by atoms with Crippen molar-refractivity contribution in [2.45, 2.75) is 58.0 Å². The van der Waals surface area contributed by atoms with E-state index >= 15 is 0 Å². The Balaban J connectivity index is 1.60. The molecule has 3 aromatic rings. The molecular formula is C26H33N3O3. The molecule has 0 saturated carbocycles. The maximum absolute atomic E-state index is 13.3. The van der Waals surface area contributed by atoms with Crippen LogP contribution in [0.15, 0.2) is 41.2 Å². The quantitative estimate of drug-likeness (QED) is 0.469. The van der Waals surface area contributed by atoms with Crippen LogP contribution < -0.4 is 10.5 Å². The van der Waals surface area contributed by atoms with Gasteiger partial charge in [0, 0.05) is 24.8 Å². The Morgan fingerprint density at radius 1 is 1.06 bits per heavy atom. The molecule has 1 unspecified atom stereocenters. The fourth-order valence-electron chi connectivity index (χ4n) is 4.55. The van der Waals surface area contributed by atoms with Crippen molar-refractivity contribution in [1.82, 2.24) is 9.55 Å². The van der Waals surface area contributed by atoms with Crippen molar-refractivity contribution in [3.05, 3.63) is 63.7 Å². The van der Waals surface area contributed by atoms with Gasteiger partial charge in [0.25, 0.3) is 5.56 Å². The first kappa shape index (κ1) is 22.5. The first-order valence-electron chi connectivity index (χ1n) is 11.7. The van der Waals surface area contributed by atoms with Crippen LogP contribution in [0.25, 0.3) is 16.6 Å². The summed E-state index contributed by atoms with van der Waals surface area (Å²) in [7, 11) is 1.88. The predicted molar refractivity (Wildman–Crippen MR) is 129 cm³/mol. The lowest BCUT2D eigenvalue weighted by molar-refractivity contribution is 0.216.